The summed E-state index contributed by atoms with van der Waals surface area (Å²) in [7, 11) is 0. The number of benzene rings is 1. The van der Waals surface area contributed by atoms with Gasteiger partial charge in [-0.15, -0.1) is 0 Å². The van der Waals surface area contributed by atoms with Crippen molar-refractivity contribution >= 4 is 0 Å². The fourth-order valence-corrected chi connectivity index (χ4v) is 2.06. The summed E-state index contributed by atoms with van der Waals surface area (Å²) < 4.78 is 6.99. The molecule has 0 aliphatic heterocycles. The number of aromatic nitrogens is 2. The van der Waals surface area contributed by atoms with Crippen molar-refractivity contribution in [1.82, 2.24) is 9.78 Å². The van der Waals surface area contributed by atoms with Gasteiger partial charge >= 0.3 is 0 Å². The molecule has 0 saturated carbocycles. The maximum Gasteiger partial charge on any atom is 0.284 e. The number of hydrogen-bond donors (Lipinski definition) is 0. The van der Waals surface area contributed by atoms with Gasteiger partial charge in [0, 0.05) is 12.1 Å². The van der Waals surface area contributed by atoms with Crippen LogP contribution in [0.15, 0.2) is 35.1 Å². The zero-order valence-electron chi connectivity index (χ0n) is 12.9. The van der Waals surface area contributed by atoms with Crippen LogP contribution in [0.1, 0.15) is 32.3 Å². The molecule has 0 amide bonds. The van der Waals surface area contributed by atoms with E-state index in [1.54, 1.807) is 0 Å². The van der Waals surface area contributed by atoms with Crippen LogP contribution in [0.25, 0.3) is 11.3 Å². The second kappa shape index (κ2) is 7.41. The fourth-order valence-electron chi connectivity index (χ4n) is 2.06. The third-order valence-corrected chi connectivity index (χ3v) is 3.29. The Morgan fingerprint density at radius 3 is 2.82 bits per heavy atom. The van der Waals surface area contributed by atoms with E-state index in [0.717, 1.165) is 24.2 Å². The minimum Gasteiger partial charge on any atom is -0.494 e. The van der Waals surface area contributed by atoms with Crippen molar-refractivity contribution in [2.24, 2.45) is 0 Å². The summed E-state index contributed by atoms with van der Waals surface area (Å²) in [5, 5.41) is 13.4. The fraction of sp³-hybridized carbons (Fsp3) is 0.353. The second-order valence-corrected chi connectivity index (χ2v) is 4.91. The van der Waals surface area contributed by atoms with E-state index in [1.807, 2.05) is 37.3 Å². The monoisotopic (exact) mass is 297 g/mol. The number of unbranched alkanes of at least 4 members (excludes halogenated alkanes) is 1. The third kappa shape index (κ3) is 3.53. The molecule has 0 N–H and O–H groups in total. The predicted molar refractivity (Wildman–Crippen MR) is 84.7 cm³/mol. The highest BCUT2D eigenvalue weighted by Gasteiger charge is 2.09. The molecule has 5 heteroatoms. The first-order chi connectivity index (χ1) is 10.7. The molecule has 114 valence electrons. The molecule has 5 nitrogen and oxygen atoms in total. The number of ether oxygens (including phenoxy) is 1. The van der Waals surface area contributed by atoms with Gasteiger partial charge in [-0.3, -0.25) is 4.79 Å². The lowest BCUT2D eigenvalue weighted by molar-refractivity contribution is 0.309. The van der Waals surface area contributed by atoms with Crippen LogP contribution in [0.2, 0.25) is 0 Å². The highest BCUT2D eigenvalue weighted by Crippen LogP contribution is 2.22. The van der Waals surface area contributed by atoms with Gasteiger partial charge in [-0.1, -0.05) is 25.5 Å². The van der Waals surface area contributed by atoms with Gasteiger partial charge in [-0.25, -0.2) is 4.68 Å². The molecule has 0 fully saturated rings. The zero-order valence-corrected chi connectivity index (χ0v) is 12.9. The quantitative estimate of drug-likeness (QED) is 0.769. The summed E-state index contributed by atoms with van der Waals surface area (Å²) in [5.74, 6) is 0.764. The smallest absolute Gasteiger partial charge is 0.284 e. The average molecular weight is 297 g/mol. The van der Waals surface area contributed by atoms with Gasteiger partial charge in [0.05, 0.1) is 12.3 Å². The maximum atomic E-state index is 11.9. The molecule has 0 aliphatic rings. The maximum absolute atomic E-state index is 11.9. The van der Waals surface area contributed by atoms with Gasteiger partial charge < -0.3 is 4.74 Å². The first kappa shape index (κ1) is 15.8. The van der Waals surface area contributed by atoms with Crippen LogP contribution in [0.4, 0.5) is 0 Å². The van der Waals surface area contributed by atoms with E-state index in [9.17, 15) is 4.79 Å². The molecular weight excluding hydrogens is 278 g/mol. The van der Waals surface area contributed by atoms with Crippen LogP contribution in [0, 0.1) is 11.3 Å². The van der Waals surface area contributed by atoms with Gasteiger partial charge in [0.15, 0.2) is 0 Å². The molecule has 22 heavy (non-hydrogen) atoms. The van der Waals surface area contributed by atoms with Crippen molar-refractivity contribution in [3.8, 4) is 23.1 Å². The lowest BCUT2D eigenvalue weighted by atomic mass is 10.1. The first-order valence-electron chi connectivity index (χ1n) is 7.45. The topological polar surface area (TPSA) is 67.9 Å². The minimum atomic E-state index is -0.357. The molecule has 0 spiro atoms. The summed E-state index contributed by atoms with van der Waals surface area (Å²) in [6.45, 7) is 5.03. The van der Waals surface area contributed by atoms with Crippen molar-refractivity contribution in [1.29, 1.82) is 5.26 Å². The predicted octanol–water partition coefficient (Wildman–Crippen LogP) is 2.98. The Morgan fingerprint density at radius 2 is 2.14 bits per heavy atom. The van der Waals surface area contributed by atoms with Crippen LogP contribution >= 0.6 is 0 Å². The molecule has 1 heterocycles. The first-order valence-corrected chi connectivity index (χ1v) is 7.45. The Morgan fingerprint density at radius 1 is 1.32 bits per heavy atom. The van der Waals surface area contributed by atoms with Gasteiger partial charge in [-0.2, -0.15) is 10.4 Å². The summed E-state index contributed by atoms with van der Waals surface area (Å²) in [4.78, 5) is 11.9. The Hall–Kier alpha value is -2.61. The second-order valence-electron chi connectivity index (χ2n) is 4.91. The lowest BCUT2D eigenvalue weighted by Gasteiger charge is -2.09. The minimum absolute atomic E-state index is 0.101. The molecule has 0 unspecified atom stereocenters. The SMILES string of the molecule is CCCCOc1cccc(-c2cc(C#N)c(=O)n(CC)n2)c1. The van der Waals surface area contributed by atoms with Crippen molar-refractivity contribution in [2.75, 3.05) is 6.61 Å². The summed E-state index contributed by atoms with van der Waals surface area (Å²) in [6, 6.07) is 11.0. The van der Waals surface area contributed by atoms with Crippen LogP contribution < -0.4 is 10.3 Å². The molecule has 1 aromatic heterocycles. The van der Waals surface area contributed by atoms with Crippen LogP contribution in [0.3, 0.4) is 0 Å². The van der Waals surface area contributed by atoms with E-state index < -0.39 is 0 Å². The van der Waals surface area contributed by atoms with Gasteiger partial charge in [0.1, 0.15) is 17.4 Å². The van der Waals surface area contributed by atoms with E-state index in [4.69, 9.17) is 10.00 Å². The van der Waals surface area contributed by atoms with Crippen molar-refractivity contribution in [3.63, 3.8) is 0 Å². The summed E-state index contributed by atoms with van der Waals surface area (Å²) in [6.07, 6.45) is 2.08. The van der Waals surface area contributed by atoms with Gasteiger partial charge in [0.2, 0.25) is 0 Å². The standard InChI is InChI=1S/C17H19N3O2/c1-3-5-9-22-15-8-6-7-13(10-15)16-11-14(12-18)17(21)20(4-2)19-16/h6-8,10-11H,3-5,9H2,1-2H3. The molecule has 0 atom stereocenters. The van der Waals surface area contributed by atoms with E-state index >= 15 is 0 Å². The number of nitriles is 1. The highest BCUT2D eigenvalue weighted by molar-refractivity contribution is 5.62. The average Bonchev–Trinajstić information content (AvgIpc) is 2.55. The van der Waals surface area contributed by atoms with Crippen LogP contribution in [-0.4, -0.2) is 16.4 Å². The molecule has 2 rings (SSSR count). The van der Waals surface area contributed by atoms with E-state index in [1.165, 1.54) is 10.7 Å². The number of hydrogen-bond acceptors (Lipinski definition) is 4. The van der Waals surface area contributed by atoms with Crippen molar-refractivity contribution in [2.45, 2.75) is 33.2 Å². The molecule has 0 radical (unpaired) electrons. The van der Waals surface area contributed by atoms with E-state index in [-0.39, 0.29) is 11.1 Å². The zero-order chi connectivity index (χ0) is 15.9. The van der Waals surface area contributed by atoms with E-state index in [2.05, 4.69) is 12.0 Å². The number of rotatable bonds is 6. The van der Waals surface area contributed by atoms with Crippen molar-refractivity contribution < 1.29 is 4.74 Å². The molecular formula is C17H19N3O2. The molecule has 2 aromatic rings. The van der Waals surface area contributed by atoms with Crippen molar-refractivity contribution in [3.05, 3.63) is 46.2 Å². The largest absolute Gasteiger partial charge is 0.494 e. The van der Waals surface area contributed by atoms with Crippen LogP contribution in [0.5, 0.6) is 5.75 Å². The van der Waals surface area contributed by atoms with Gasteiger partial charge in [0.25, 0.3) is 5.56 Å². The normalized spacial score (nSPS) is 10.2. The van der Waals surface area contributed by atoms with Crippen LogP contribution in [-0.2, 0) is 6.54 Å². The Labute approximate surface area is 129 Å². The Balaban J connectivity index is 2.38. The molecule has 0 aliphatic carbocycles. The molecule has 1 aromatic carbocycles. The number of aryl methyl sites for hydroxylation is 1. The third-order valence-electron chi connectivity index (χ3n) is 3.29. The summed E-state index contributed by atoms with van der Waals surface area (Å²) >= 11 is 0. The molecule has 0 saturated heterocycles. The highest BCUT2D eigenvalue weighted by atomic mass is 16.5. The number of nitrogens with zero attached hydrogens (tertiary/aromatic N) is 3. The van der Waals surface area contributed by atoms with Gasteiger partial charge in [-0.05, 0) is 31.5 Å². The Bertz CT molecular complexity index is 744. The van der Waals surface area contributed by atoms with E-state index in [0.29, 0.717) is 18.8 Å². The Kier molecular flexibility index (Phi) is 5.31. The lowest BCUT2D eigenvalue weighted by Crippen LogP contribution is -2.24. The summed E-state index contributed by atoms with van der Waals surface area (Å²) in [5.41, 5.74) is 1.17. The molecule has 0 bridgehead atoms.